The Labute approximate surface area is 107 Å². The van der Waals surface area contributed by atoms with E-state index in [-0.39, 0.29) is 11.2 Å². The number of carbonyl (C=O) groups is 2. The molecule has 1 N–H and O–H groups in total. The summed E-state index contributed by atoms with van der Waals surface area (Å²) >= 11 is 0. The highest BCUT2D eigenvalue weighted by atomic mass is 16.5. The Morgan fingerprint density at radius 2 is 2.06 bits per heavy atom. The van der Waals surface area contributed by atoms with Gasteiger partial charge in [0.1, 0.15) is 5.69 Å². The number of fused-ring (bicyclic) bond motifs is 1. The molecule has 0 spiro atoms. The quantitative estimate of drug-likeness (QED) is 0.819. The van der Waals surface area contributed by atoms with Gasteiger partial charge in [-0.15, -0.1) is 0 Å². The second kappa shape index (κ2) is 4.26. The SMILES string of the molecule is CCc1c(C(=O)OC)[nH]c2c1C(=O)CC(C)(C)C2. The lowest BCUT2D eigenvalue weighted by Crippen LogP contribution is -2.27. The van der Waals surface area contributed by atoms with Gasteiger partial charge in [0.2, 0.25) is 0 Å². The molecule has 4 heteroatoms. The molecule has 1 aliphatic rings. The molecule has 1 heterocycles. The minimum atomic E-state index is -0.396. The fraction of sp³-hybridized carbons (Fsp3) is 0.571. The van der Waals surface area contributed by atoms with E-state index in [0.717, 1.165) is 23.2 Å². The highest BCUT2D eigenvalue weighted by Gasteiger charge is 2.35. The van der Waals surface area contributed by atoms with Gasteiger partial charge in [-0.3, -0.25) is 4.79 Å². The molecular formula is C14H19NO3. The highest BCUT2D eigenvalue weighted by Crippen LogP contribution is 2.37. The molecule has 0 radical (unpaired) electrons. The second-order valence-corrected chi connectivity index (χ2v) is 5.62. The summed E-state index contributed by atoms with van der Waals surface area (Å²) in [4.78, 5) is 27.0. The van der Waals surface area contributed by atoms with Gasteiger partial charge in [-0.2, -0.15) is 0 Å². The predicted octanol–water partition coefficient (Wildman–Crippen LogP) is 2.52. The van der Waals surface area contributed by atoms with E-state index in [4.69, 9.17) is 4.74 Å². The Hall–Kier alpha value is -1.58. The number of aromatic amines is 1. The van der Waals surface area contributed by atoms with E-state index in [1.165, 1.54) is 7.11 Å². The number of H-pyrrole nitrogens is 1. The lowest BCUT2D eigenvalue weighted by molar-refractivity contribution is 0.0593. The number of hydrogen-bond acceptors (Lipinski definition) is 3. The Kier molecular flexibility index (Phi) is 3.05. The lowest BCUT2D eigenvalue weighted by Gasteiger charge is -2.28. The Bertz CT molecular complexity index is 511. The van der Waals surface area contributed by atoms with Crippen molar-refractivity contribution in [3.63, 3.8) is 0 Å². The smallest absolute Gasteiger partial charge is 0.354 e. The van der Waals surface area contributed by atoms with E-state index in [2.05, 4.69) is 18.8 Å². The summed E-state index contributed by atoms with van der Waals surface area (Å²) in [5, 5.41) is 0. The molecule has 0 aliphatic heterocycles. The summed E-state index contributed by atoms with van der Waals surface area (Å²) in [6.45, 7) is 6.08. The first kappa shape index (κ1) is 12.9. The number of rotatable bonds is 2. The molecule has 0 saturated heterocycles. The van der Waals surface area contributed by atoms with Crippen molar-refractivity contribution in [1.82, 2.24) is 4.98 Å². The first-order valence-electron chi connectivity index (χ1n) is 6.25. The van der Waals surface area contributed by atoms with Gasteiger partial charge in [-0.05, 0) is 23.8 Å². The maximum atomic E-state index is 12.2. The summed E-state index contributed by atoms with van der Waals surface area (Å²) in [5.74, 6) is -0.267. The van der Waals surface area contributed by atoms with Gasteiger partial charge in [0, 0.05) is 17.7 Å². The van der Waals surface area contributed by atoms with Crippen molar-refractivity contribution < 1.29 is 14.3 Å². The van der Waals surface area contributed by atoms with E-state index in [1.54, 1.807) is 0 Å². The van der Waals surface area contributed by atoms with Crippen LogP contribution < -0.4 is 0 Å². The third kappa shape index (κ3) is 1.96. The zero-order valence-corrected chi connectivity index (χ0v) is 11.3. The molecule has 18 heavy (non-hydrogen) atoms. The Morgan fingerprint density at radius 3 is 2.61 bits per heavy atom. The van der Waals surface area contributed by atoms with Crippen LogP contribution >= 0.6 is 0 Å². The third-order valence-corrected chi connectivity index (χ3v) is 3.50. The van der Waals surface area contributed by atoms with Crippen molar-refractivity contribution in [2.45, 2.75) is 40.0 Å². The van der Waals surface area contributed by atoms with Crippen LogP contribution in [0, 0.1) is 5.41 Å². The molecule has 0 atom stereocenters. The largest absolute Gasteiger partial charge is 0.464 e. The van der Waals surface area contributed by atoms with Gasteiger partial charge in [0.05, 0.1) is 7.11 Å². The molecule has 0 saturated carbocycles. The Morgan fingerprint density at radius 1 is 1.39 bits per heavy atom. The first-order chi connectivity index (χ1) is 8.39. The van der Waals surface area contributed by atoms with E-state index in [1.807, 2.05) is 6.92 Å². The number of aromatic nitrogens is 1. The number of Topliss-reactive ketones (excluding diaryl/α,β-unsaturated/α-hetero) is 1. The molecule has 0 fully saturated rings. The van der Waals surface area contributed by atoms with Crippen LogP contribution in [0.15, 0.2) is 0 Å². The van der Waals surface area contributed by atoms with Crippen LogP contribution in [-0.4, -0.2) is 23.8 Å². The summed E-state index contributed by atoms with van der Waals surface area (Å²) in [6, 6.07) is 0. The van der Waals surface area contributed by atoms with Crippen LogP contribution in [-0.2, 0) is 17.6 Å². The monoisotopic (exact) mass is 249 g/mol. The van der Waals surface area contributed by atoms with Gasteiger partial charge >= 0.3 is 5.97 Å². The highest BCUT2D eigenvalue weighted by molar-refractivity contribution is 6.03. The van der Waals surface area contributed by atoms with E-state index >= 15 is 0 Å². The topological polar surface area (TPSA) is 59.2 Å². The van der Waals surface area contributed by atoms with Crippen molar-refractivity contribution in [1.29, 1.82) is 0 Å². The van der Waals surface area contributed by atoms with Gasteiger partial charge in [0.25, 0.3) is 0 Å². The van der Waals surface area contributed by atoms with Gasteiger partial charge in [0.15, 0.2) is 5.78 Å². The minimum Gasteiger partial charge on any atom is -0.464 e. The molecular weight excluding hydrogens is 230 g/mol. The fourth-order valence-electron chi connectivity index (χ4n) is 2.76. The molecule has 2 rings (SSSR count). The molecule has 98 valence electrons. The van der Waals surface area contributed by atoms with Gasteiger partial charge in [-0.1, -0.05) is 20.8 Å². The van der Waals surface area contributed by atoms with Crippen molar-refractivity contribution in [2.75, 3.05) is 7.11 Å². The van der Waals surface area contributed by atoms with Gasteiger partial charge in [-0.25, -0.2) is 4.79 Å². The molecule has 0 amide bonds. The summed E-state index contributed by atoms with van der Waals surface area (Å²) in [5.41, 5.74) is 2.80. The molecule has 0 bridgehead atoms. The number of nitrogens with one attached hydrogen (secondary N) is 1. The average Bonchev–Trinajstić information content (AvgIpc) is 2.64. The fourth-order valence-corrected chi connectivity index (χ4v) is 2.76. The predicted molar refractivity (Wildman–Crippen MR) is 67.9 cm³/mol. The molecule has 4 nitrogen and oxygen atoms in total. The zero-order chi connectivity index (χ0) is 13.5. The standard InChI is InChI=1S/C14H19NO3/c1-5-8-11-9(15-12(8)13(17)18-4)6-14(2,3)7-10(11)16/h15H,5-7H2,1-4H3. The number of ketones is 1. The number of esters is 1. The zero-order valence-electron chi connectivity index (χ0n) is 11.3. The summed E-state index contributed by atoms with van der Waals surface area (Å²) in [6.07, 6.45) is 1.98. The van der Waals surface area contributed by atoms with Crippen molar-refractivity contribution in [3.05, 3.63) is 22.5 Å². The number of hydrogen-bond donors (Lipinski definition) is 1. The first-order valence-corrected chi connectivity index (χ1v) is 6.25. The Balaban J connectivity index is 2.57. The molecule has 0 unspecified atom stereocenters. The van der Waals surface area contributed by atoms with Crippen LogP contribution in [0.4, 0.5) is 0 Å². The van der Waals surface area contributed by atoms with E-state index in [0.29, 0.717) is 18.5 Å². The maximum absolute atomic E-state index is 12.2. The van der Waals surface area contributed by atoms with E-state index in [9.17, 15) is 9.59 Å². The van der Waals surface area contributed by atoms with Crippen LogP contribution in [0.2, 0.25) is 0 Å². The summed E-state index contributed by atoms with van der Waals surface area (Å²) in [7, 11) is 1.35. The molecule has 1 aromatic rings. The third-order valence-electron chi connectivity index (χ3n) is 3.50. The van der Waals surface area contributed by atoms with Crippen LogP contribution in [0.3, 0.4) is 0 Å². The van der Waals surface area contributed by atoms with E-state index < -0.39 is 5.97 Å². The van der Waals surface area contributed by atoms with Crippen LogP contribution in [0.1, 0.15) is 59.3 Å². The number of methoxy groups -OCH3 is 1. The maximum Gasteiger partial charge on any atom is 0.354 e. The van der Waals surface area contributed by atoms with Crippen LogP contribution in [0.25, 0.3) is 0 Å². The normalized spacial score (nSPS) is 17.4. The second-order valence-electron chi connectivity index (χ2n) is 5.62. The number of carbonyl (C=O) groups excluding carboxylic acids is 2. The minimum absolute atomic E-state index is 0.0483. The van der Waals surface area contributed by atoms with Crippen molar-refractivity contribution in [2.24, 2.45) is 5.41 Å². The summed E-state index contributed by atoms with van der Waals surface area (Å²) < 4.78 is 4.76. The van der Waals surface area contributed by atoms with Crippen LogP contribution in [0.5, 0.6) is 0 Å². The molecule has 1 aromatic heterocycles. The lowest BCUT2D eigenvalue weighted by atomic mass is 9.75. The molecule has 1 aliphatic carbocycles. The number of ether oxygens (including phenoxy) is 1. The van der Waals surface area contributed by atoms with Crippen molar-refractivity contribution in [3.8, 4) is 0 Å². The molecule has 0 aromatic carbocycles. The van der Waals surface area contributed by atoms with Gasteiger partial charge < -0.3 is 9.72 Å². The van der Waals surface area contributed by atoms with Crippen molar-refractivity contribution >= 4 is 11.8 Å². The average molecular weight is 249 g/mol.